The van der Waals surface area contributed by atoms with Crippen molar-refractivity contribution >= 4 is 35.2 Å². The van der Waals surface area contributed by atoms with Crippen LogP contribution in [0, 0.1) is 5.92 Å². The Labute approximate surface area is 200 Å². The number of hydrogen-bond acceptors (Lipinski definition) is 9. The standard InChI is InChI=1S/C23H25N5O7/c1-2-33-22(32)12-5-7-28(8-6-12)23-26-19-18(21(31)27-23)14(10-17(29)25-19)20(30)24-13-3-4-15-16(9-13)35-11-34-15/h3-4,9,12,14H,2,5-8,10-11H2,1H3,(H,24,30)(H2,25,26,27,29,31)/t14-/m1/s1. The van der Waals surface area contributed by atoms with Crippen molar-refractivity contribution in [2.24, 2.45) is 5.92 Å². The van der Waals surface area contributed by atoms with Crippen molar-refractivity contribution in [3.8, 4) is 11.5 Å². The highest BCUT2D eigenvalue weighted by Crippen LogP contribution is 2.35. The van der Waals surface area contributed by atoms with E-state index in [9.17, 15) is 19.2 Å². The molecule has 1 atom stereocenters. The molecule has 0 spiro atoms. The lowest BCUT2D eigenvalue weighted by Crippen LogP contribution is -2.41. The number of nitrogens with one attached hydrogen (secondary N) is 3. The lowest BCUT2D eigenvalue weighted by Gasteiger charge is -2.32. The molecule has 35 heavy (non-hydrogen) atoms. The van der Waals surface area contributed by atoms with Gasteiger partial charge in [-0.05, 0) is 31.9 Å². The number of fused-ring (bicyclic) bond motifs is 2. The van der Waals surface area contributed by atoms with Gasteiger partial charge in [-0.25, -0.2) is 0 Å². The van der Waals surface area contributed by atoms with E-state index in [1.54, 1.807) is 25.1 Å². The maximum Gasteiger partial charge on any atom is 0.309 e. The summed E-state index contributed by atoms with van der Waals surface area (Å²) in [6.07, 6.45) is 0.942. The number of esters is 1. The topological polar surface area (TPSA) is 152 Å². The first-order valence-electron chi connectivity index (χ1n) is 11.5. The molecular formula is C23H25N5O7. The summed E-state index contributed by atoms with van der Waals surface area (Å²) in [4.78, 5) is 59.5. The Morgan fingerprint density at radius 1 is 1.20 bits per heavy atom. The molecule has 0 bridgehead atoms. The van der Waals surface area contributed by atoms with Crippen LogP contribution < -0.4 is 30.6 Å². The zero-order valence-electron chi connectivity index (χ0n) is 19.1. The number of benzene rings is 1. The van der Waals surface area contributed by atoms with Gasteiger partial charge in [0, 0.05) is 31.3 Å². The number of rotatable bonds is 5. The van der Waals surface area contributed by atoms with E-state index in [4.69, 9.17) is 14.2 Å². The van der Waals surface area contributed by atoms with Crippen LogP contribution in [0.5, 0.6) is 11.5 Å². The molecule has 3 aliphatic heterocycles. The molecule has 1 fully saturated rings. The molecule has 1 aromatic heterocycles. The Morgan fingerprint density at radius 3 is 2.74 bits per heavy atom. The van der Waals surface area contributed by atoms with E-state index in [0.717, 1.165) is 0 Å². The van der Waals surface area contributed by atoms with Crippen LogP contribution in [0.25, 0.3) is 0 Å². The summed E-state index contributed by atoms with van der Waals surface area (Å²) < 4.78 is 15.7. The average molecular weight is 483 g/mol. The predicted molar refractivity (Wildman–Crippen MR) is 124 cm³/mol. The van der Waals surface area contributed by atoms with Crippen LogP contribution in [0.15, 0.2) is 23.0 Å². The fourth-order valence-electron chi connectivity index (χ4n) is 4.52. The highest BCUT2D eigenvalue weighted by atomic mass is 16.7. The van der Waals surface area contributed by atoms with E-state index in [2.05, 4.69) is 20.6 Å². The molecule has 184 valence electrons. The summed E-state index contributed by atoms with van der Waals surface area (Å²) in [5.74, 6) is -0.910. The van der Waals surface area contributed by atoms with Crippen LogP contribution in [0.1, 0.15) is 37.7 Å². The molecule has 5 rings (SSSR count). The molecule has 0 unspecified atom stereocenters. The fraction of sp³-hybridized carbons (Fsp3) is 0.435. The largest absolute Gasteiger partial charge is 0.466 e. The normalized spacial score (nSPS) is 19.1. The summed E-state index contributed by atoms with van der Waals surface area (Å²) in [6, 6.07) is 4.95. The lowest BCUT2D eigenvalue weighted by molar-refractivity contribution is -0.148. The summed E-state index contributed by atoms with van der Waals surface area (Å²) in [7, 11) is 0. The molecule has 2 amide bonds. The number of nitrogens with zero attached hydrogens (tertiary/aromatic N) is 2. The number of carbonyl (C=O) groups excluding carboxylic acids is 3. The minimum Gasteiger partial charge on any atom is -0.466 e. The summed E-state index contributed by atoms with van der Waals surface area (Å²) >= 11 is 0. The number of piperidine rings is 1. The fourth-order valence-corrected chi connectivity index (χ4v) is 4.52. The van der Waals surface area contributed by atoms with Crippen LogP contribution in [0.2, 0.25) is 0 Å². The molecule has 3 N–H and O–H groups in total. The number of ether oxygens (including phenoxy) is 3. The predicted octanol–water partition coefficient (Wildman–Crippen LogP) is 1.34. The molecule has 12 heteroatoms. The van der Waals surface area contributed by atoms with E-state index < -0.39 is 23.3 Å². The second-order valence-electron chi connectivity index (χ2n) is 8.53. The molecule has 0 aliphatic carbocycles. The maximum atomic E-state index is 13.1. The molecule has 3 aliphatic rings. The van der Waals surface area contributed by atoms with Gasteiger partial charge in [0.15, 0.2) is 11.5 Å². The zero-order valence-corrected chi connectivity index (χ0v) is 19.1. The smallest absolute Gasteiger partial charge is 0.309 e. The van der Waals surface area contributed by atoms with E-state index >= 15 is 0 Å². The van der Waals surface area contributed by atoms with Crippen molar-refractivity contribution in [3.63, 3.8) is 0 Å². The van der Waals surface area contributed by atoms with Gasteiger partial charge in [0.2, 0.25) is 24.6 Å². The van der Waals surface area contributed by atoms with Crippen molar-refractivity contribution in [2.45, 2.75) is 32.1 Å². The van der Waals surface area contributed by atoms with Gasteiger partial charge in [-0.3, -0.25) is 24.2 Å². The number of aromatic nitrogens is 2. The molecule has 12 nitrogen and oxygen atoms in total. The number of hydrogen-bond donors (Lipinski definition) is 3. The maximum absolute atomic E-state index is 13.1. The Hall–Kier alpha value is -4.09. The first-order valence-corrected chi connectivity index (χ1v) is 11.5. The summed E-state index contributed by atoms with van der Waals surface area (Å²) in [5, 5.41) is 5.36. The number of aromatic amines is 1. The minimum atomic E-state index is -1.01. The molecule has 2 aromatic rings. The highest BCUT2D eigenvalue weighted by Gasteiger charge is 2.36. The quantitative estimate of drug-likeness (QED) is 0.535. The van der Waals surface area contributed by atoms with Gasteiger partial charge < -0.3 is 29.7 Å². The Balaban J connectivity index is 1.34. The van der Waals surface area contributed by atoms with Crippen LogP contribution in [-0.2, 0) is 19.1 Å². The Kier molecular flexibility index (Phi) is 6.01. The van der Waals surface area contributed by atoms with Crippen molar-refractivity contribution in [1.82, 2.24) is 9.97 Å². The van der Waals surface area contributed by atoms with Crippen LogP contribution in [0.3, 0.4) is 0 Å². The van der Waals surface area contributed by atoms with Gasteiger partial charge in [-0.1, -0.05) is 0 Å². The van der Waals surface area contributed by atoms with E-state index in [1.165, 1.54) is 0 Å². The molecule has 1 saturated heterocycles. The zero-order chi connectivity index (χ0) is 24.5. The van der Waals surface area contributed by atoms with Crippen LogP contribution in [0.4, 0.5) is 17.5 Å². The highest BCUT2D eigenvalue weighted by molar-refractivity contribution is 6.04. The lowest BCUT2D eigenvalue weighted by atomic mass is 9.92. The first-order chi connectivity index (χ1) is 16.9. The van der Waals surface area contributed by atoms with Crippen LogP contribution >= 0.6 is 0 Å². The van der Waals surface area contributed by atoms with Gasteiger partial charge in [0.1, 0.15) is 5.82 Å². The minimum absolute atomic E-state index is 0.0679. The number of anilines is 3. The third-order valence-corrected chi connectivity index (χ3v) is 6.31. The first kappa shape index (κ1) is 22.7. The van der Waals surface area contributed by atoms with Gasteiger partial charge in [-0.15, -0.1) is 0 Å². The van der Waals surface area contributed by atoms with Crippen molar-refractivity contribution in [2.75, 3.05) is 42.0 Å². The molecule has 0 saturated carbocycles. The number of amides is 2. The van der Waals surface area contributed by atoms with Gasteiger partial charge in [0.05, 0.1) is 24.0 Å². The molecule has 1 aromatic carbocycles. The van der Waals surface area contributed by atoms with E-state index in [-0.39, 0.29) is 42.4 Å². The second kappa shape index (κ2) is 9.28. The average Bonchev–Trinajstić information content (AvgIpc) is 3.31. The van der Waals surface area contributed by atoms with Gasteiger partial charge in [0.25, 0.3) is 5.56 Å². The van der Waals surface area contributed by atoms with Gasteiger partial charge >= 0.3 is 5.97 Å². The van der Waals surface area contributed by atoms with Crippen molar-refractivity contribution in [1.29, 1.82) is 0 Å². The summed E-state index contributed by atoms with van der Waals surface area (Å²) in [5.41, 5.74) is 0.0635. The SMILES string of the molecule is CCOC(=O)C1CCN(c2nc3c(c(=O)[nH]2)[C@H](C(=O)Nc2ccc4c(c2)OCO4)CC(=O)N3)CC1. The van der Waals surface area contributed by atoms with Gasteiger partial charge in [-0.2, -0.15) is 4.98 Å². The second-order valence-corrected chi connectivity index (χ2v) is 8.53. The van der Waals surface area contributed by atoms with Crippen LogP contribution in [-0.4, -0.2) is 54.2 Å². The van der Waals surface area contributed by atoms with E-state index in [0.29, 0.717) is 49.7 Å². The molecule has 0 radical (unpaired) electrons. The third-order valence-electron chi connectivity index (χ3n) is 6.31. The summed E-state index contributed by atoms with van der Waals surface area (Å²) in [6.45, 7) is 3.20. The van der Waals surface area contributed by atoms with Crippen molar-refractivity contribution < 1.29 is 28.6 Å². The third kappa shape index (κ3) is 4.51. The van der Waals surface area contributed by atoms with E-state index in [1.807, 2.05) is 4.90 Å². The molecule has 4 heterocycles. The number of carbonyl (C=O) groups is 3. The Morgan fingerprint density at radius 2 is 1.97 bits per heavy atom. The number of H-pyrrole nitrogens is 1. The van der Waals surface area contributed by atoms with Crippen molar-refractivity contribution in [3.05, 3.63) is 34.1 Å². The Bertz CT molecular complexity index is 1240. The molecular weight excluding hydrogens is 458 g/mol. The monoisotopic (exact) mass is 483 g/mol.